The van der Waals surface area contributed by atoms with Gasteiger partial charge in [0.25, 0.3) is 0 Å². The van der Waals surface area contributed by atoms with Crippen LogP contribution in [-0.2, 0) is 6.54 Å². The molecule has 4 aromatic rings. The summed E-state index contributed by atoms with van der Waals surface area (Å²) in [6.07, 6.45) is 3.19. The third-order valence-electron chi connectivity index (χ3n) is 3.68. The van der Waals surface area contributed by atoms with Crippen molar-refractivity contribution in [1.82, 2.24) is 29.7 Å². The highest BCUT2D eigenvalue weighted by Crippen LogP contribution is 2.32. The second-order valence-corrected chi connectivity index (χ2v) is 6.16. The number of hydrogen-bond acceptors (Lipinski definition) is 6. The molecular weight excluding hydrogens is 339 g/mol. The van der Waals surface area contributed by atoms with Crippen LogP contribution in [0, 0.1) is 5.82 Å². The number of halogens is 1. The molecule has 0 spiro atoms. The third kappa shape index (κ3) is 2.96. The minimum atomic E-state index is -0.324. The molecule has 0 bridgehead atoms. The zero-order chi connectivity index (χ0) is 17.2. The van der Waals surface area contributed by atoms with Gasteiger partial charge in [-0.1, -0.05) is 6.07 Å². The molecule has 4 rings (SSSR count). The summed E-state index contributed by atoms with van der Waals surface area (Å²) in [5, 5.41) is 10.5. The van der Waals surface area contributed by atoms with Crippen LogP contribution in [0.2, 0.25) is 0 Å². The van der Waals surface area contributed by atoms with Crippen molar-refractivity contribution in [1.29, 1.82) is 0 Å². The summed E-state index contributed by atoms with van der Waals surface area (Å²) in [5.41, 5.74) is 1.44. The molecule has 8 heteroatoms. The number of fused-ring (bicyclic) bond motifs is 1. The van der Waals surface area contributed by atoms with Crippen molar-refractivity contribution >= 4 is 22.7 Å². The molecule has 0 N–H and O–H groups in total. The SMILES string of the molecule is CCn1c(Sc2ncnc3ccc(F)cc23)nnc1-c1ccccn1. The van der Waals surface area contributed by atoms with E-state index in [1.165, 1.54) is 30.2 Å². The minimum absolute atomic E-state index is 0.324. The minimum Gasteiger partial charge on any atom is -0.301 e. The van der Waals surface area contributed by atoms with Crippen LogP contribution in [0.3, 0.4) is 0 Å². The maximum absolute atomic E-state index is 13.6. The monoisotopic (exact) mass is 352 g/mol. The summed E-state index contributed by atoms with van der Waals surface area (Å²) in [7, 11) is 0. The molecule has 1 aromatic carbocycles. The number of rotatable bonds is 4. The first-order valence-corrected chi connectivity index (χ1v) is 8.50. The van der Waals surface area contributed by atoms with E-state index in [4.69, 9.17) is 0 Å². The van der Waals surface area contributed by atoms with E-state index in [9.17, 15) is 4.39 Å². The van der Waals surface area contributed by atoms with Crippen LogP contribution < -0.4 is 0 Å². The molecule has 0 saturated carbocycles. The van der Waals surface area contributed by atoms with Crippen LogP contribution in [0.25, 0.3) is 22.4 Å². The second-order valence-electron chi connectivity index (χ2n) is 5.21. The van der Waals surface area contributed by atoms with E-state index >= 15 is 0 Å². The Morgan fingerprint density at radius 2 is 2.00 bits per heavy atom. The van der Waals surface area contributed by atoms with E-state index in [0.29, 0.717) is 33.5 Å². The Kier molecular flexibility index (Phi) is 4.10. The molecule has 0 fully saturated rings. The first kappa shape index (κ1) is 15.6. The molecule has 6 nitrogen and oxygen atoms in total. The number of nitrogens with zero attached hydrogens (tertiary/aromatic N) is 6. The lowest BCUT2D eigenvalue weighted by molar-refractivity contribution is 0.629. The molecule has 0 unspecified atom stereocenters. The Labute approximate surface area is 147 Å². The highest BCUT2D eigenvalue weighted by Gasteiger charge is 2.16. The molecule has 0 amide bonds. The standard InChI is InChI=1S/C17H13FN6S/c1-2-24-15(14-5-3-4-8-19-14)22-23-17(24)25-16-12-9-11(18)6-7-13(12)20-10-21-16/h3-10H,2H2,1H3. The Morgan fingerprint density at radius 3 is 2.80 bits per heavy atom. The summed E-state index contributed by atoms with van der Waals surface area (Å²) >= 11 is 1.34. The maximum atomic E-state index is 13.6. The predicted octanol–water partition coefficient (Wildman–Crippen LogP) is 3.59. The normalized spacial score (nSPS) is 11.1. The average Bonchev–Trinajstić information content (AvgIpc) is 3.05. The lowest BCUT2D eigenvalue weighted by atomic mass is 10.2. The Hall–Kier alpha value is -2.87. The van der Waals surface area contributed by atoms with E-state index < -0.39 is 0 Å². The fourth-order valence-corrected chi connectivity index (χ4v) is 3.46. The largest absolute Gasteiger partial charge is 0.301 e. The van der Waals surface area contributed by atoms with Crippen molar-refractivity contribution in [3.63, 3.8) is 0 Å². The first-order valence-electron chi connectivity index (χ1n) is 7.69. The van der Waals surface area contributed by atoms with Crippen LogP contribution in [-0.4, -0.2) is 29.7 Å². The van der Waals surface area contributed by atoms with Gasteiger partial charge in [0.15, 0.2) is 11.0 Å². The van der Waals surface area contributed by atoms with Gasteiger partial charge in [0.1, 0.15) is 22.9 Å². The zero-order valence-corrected chi connectivity index (χ0v) is 14.1. The van der Waals surface area contributed by atoms with Crippen LogP contribution in [0.5, 0.6) is 0 Å². The van der Waals surface area contributed by atoms with Gasteiger partial charge in [-0.05, 0) is 49.0 Å². The molecule has 124 valence electrons. The summed E-state index contributed by atoms with van der Waals surface area (Å²) < 4.78 is 15.6. The van der Waals surface area contributed by atoms with E-state index in [-0.39, 0.29) is 5.82 Å². The number of pyridine rings is 1. The maximum Gasteiger partial charge on any atom is 0.197 e. The number of aromatic nitrogens is 6. The average molecular weight is 352 g/mol. The zero-order valence-electron chi connectivity index (χ0n) is 13.3. The van der Waals surface area contributed by atoms with E-state index in [1.54, 1.807) is 12.3 Å². The third-order valence-corrected chi connectivity index (χ3v) is 4.68. The molecule has 0 saturated heterocycles. The topological polar surface area (TPSA) is 69.4 Å². The van der Waals surface area contributed by atoms with Gasteiger partial charge in [0.2, 0.25) is 0 Å². The molecule has 0 aliphatic carbocycles. The molecule has 0 atom stereocenters. The Bertz CT molecular complexity index is 1030. The van der Waals surface area contributed by atoms with Gasteiger partial charge in [0, 0.05) is 18.1 Å². The van der Waals surface area contributed by atoms with Gasteiger partial charge in [-0.15, -0.1) is 10.2 Å². The summed E-state index contributed by atoms with van der Waals surface area (Å²) in [4.78, 5) is 12.8. The van der Waals surface area contributed by atoms with Crippen LogP contribution in [0.1, 0.15) is 6.92 Å². The van der Waals surface area contributed by atoms with Crippen molar-refractivity contribution in [2.24, 2.45) is 0 Å². The molecular formula is C17H13FN6S. The molecule has 0 radical (unpaired) electrons. The van der Waals surface area contributed by atoms with Gasteiger partial charge in [0.05, 0.1) is 5.52 Å². The second kappa shape index (κ2) is 6.56. The highest BCUT2D eigenvalue weighted by molar-refractivity contribution is 7.99. The van der Waals surface area contributed by atoms with E-state index in [0.717, 1.165) is 5.69 Å². The van der Waals surface area contributed by atoms with Gasteiger partial charge in [-0.3, -0.25) is 4.98 Å². The fourth-order valence-electron chi connectivity index (χ4n) is 2.51. The molecule has 3 heterocycles. The Morgan fingerprint density at radius 1 is 1.08 bits per heavy atom. The smallest absolute Gasteiger partial charge is 0.197 e. The highest BCUT2D eigenvalue weighted by atomic mass is 32.2. The van der Waals surface area contributed by atoms with Crippen molar-refractivity contribution in [3.8, 4) is 11.5 Å². The number of benzene rings is 1. The van der Waals surface area contributed by atoms with Crippen molar-refractivity contribution < 1.29 is 4.39 Å². The van der Waals surface area contributed by atoms with Gasteiger partial charge >= 0.3 is 0 Å². The van der Waals surface area contributed by atoms with Gasteiger partial charge in [-0.25, -0.2) is 14.4 Å². The van der Waals surface area contributed by atoms with Crippen LogP contribution in [0.4, 0.5) is 4.39 Å². The van der Waals surface area contributed by atoms with Crippen molar-refractivity contribution in [2.75, 3.05) is 0 Å². The molecule has 25 heavy (non-hydrogen) atoms. The lowest BCUT2D eigenvalue weighted by Crippen LogP contribution is -2.01. The quantitative estimate of drug-likeness (QED) is 0.523. The number of hydrogen-bond donors (Lipinski definition) is 0. The van der Waals surface area contributed by atoms with Crippen LogP contribution >= 0.6 is 11.8 Å². The van der Waals surface area contributed by atoms with Gasteiger partial charge < -0.3 is 4.57 Å². The summed E-state index contributed by atoms with van der Waals surface area (Å²) in [6, 6.07) is 10.1. The van der Waals surface area contributed by atoms with E-state index in [2.05, 4.69) is 25.1 Å². The first-order chi connectivity index (χ1) is 12.3. The van der Waals surface area contributed by atoms with Crippen LogP contribution in [0.15, 0.2) is 59.1 Å². The molecule has 3 aromatic heterocycles. The Balaban J connectivity index is 1.77. The molecule has 0 aliphatic heterocycles. The van der Waals surface area contributed by atoms with E-state index in [1.807, 2.05) is 29.7 Å². The van der Waals surface area contributed by atoms with Crippen molar-refractivity contribution in [2.45, 2.75) is 23.7 Å². The van der Waals surface area contributed by atoms with Crippen molar-refractivity contribution in [3.05, 3.63) is 54.7 Å². The molecule has 0 aliphatic rings. The summed E-state index contributed by atoms with van der Waals surface area (Å²) in [5.74, 6) is 0.366. The van der Waals surface area contributed by atoms with Gasteiger partial charge in [-0.2, -0.15) is 0 Å². The lowest BCUT2D eigenvalue weighted by Gasteiger charge is -2.07. The predicted molar refractivity (Wildman–Crippen MR) is 92.5 cm³/mol. The fraction of sp³-hybridized carbons (Fsp3) is 0.118. The summed E-state index contributed by atoms with van der Waals surface area (Å²) in [6.45, 7) is 2.69.